The minimum absolute atomic E-state index is 0.153. The second-order valence-corrected chi connectivity index (χ2v) is 7.32. The molecule has 0 unspecified atom stereocenters. The van der Waals surface area contributed by atoms with E-state index in [1.807, 2.05) is 47.4 Å². The van der Waals surface area contributed by atoms with Gasteiger partial charge >= 0.3 is 0 Å². The Morgan fingerprint density at radius 3 is 2.67 bits per heavy atom. The van der Waals surface area contributed by atoms with E-state index in [2.05, 4.69) is 36.1 Å². The van der Waals surface area contributed by atoms with E-state index < -0.39 is 0 Å². The second kappa shape index (κ2) is 10.6. The standard InChI is InChI=1S/C24H29N3O3/c1-4-18(2)27(23(28)14-13-19-9-6-5-7-10-19)16-15-22-25-24(26-30-22)20-11-8-12-21(17-20)29-3/h5-12,17-18H,4,13-16H2,1-3H3/t18-/m0/s1. The monoisotopic (exact) mass is 407 g/mol. The van der Waals surface area contributed by atoms with Crippen molar-refractivity contribution in [1.29, 1.82) is 0 Å². The lowest BCUT2D eigenvalue weighted by Gasteiger charge is -2.28. The molecule has 1 aromatic heterocycles. The van der Waals surface area contributed by atoms with Gasteiger partial charge in [0.15, 0.2) is 0 Å². The molecular weight excluding hydrogens is 378 g/mol. The summed E-state index contributed by atoms with van der Waals surface area (Å²) in [6, 6.07) is 17.8. The molecule has 0 saturated carbocycles. The quantitative estimate of drug-likeness (QED) is 0.493. The molecule has 0 radical (unpaired) electrons. The van der Waals surface area contributed by atoms with Crippen LogP contribution in [-0.2, 0) is 17.6 Å². The highest BCUT2D eigenvalue weighted by Crippen LogP contribution is 2.21. The van der Waals surface area contributed by atoms with Crippen molar-refractivity contribution in [3.63, 3.8) is 0 Å². The molecule has 1 atom stereocenters. The molecule has 3 rings (SSSR count). The first-order valence-electron chi connectivity index (χ1n) is 10.4. The third kappa shape index (κ3) is 5.69. The first-order valence-corrected chi connectivity index (χ1v) is 10.4. The number of hydrogen-bond acceptors (Lipinski definition) is 5. The van der Waals surface area contributed by atoms with E-state index in [4.69, 9.17) is 9.26 Å². The van der Waals surface area contributed by atoms with E-state index in [1.54, 1.807) is 7.11 Å². The van der Waals surface area contributed by atoms with E-state index in [-0.39, 0.29) is 11.9 Å². The van der Waals surface area contributed by atoms with E-state index in [0.29, 0.717) is 31.1 Å². The topological polar surface area (TPSA) is 68.5 Å². The van der Waals surface area contributed by atoms with Gasteiger partial charge in [-0.2, -0.15) is 4.98 Å². The highest BCUT2D eigenvalue weighted by Gasteiger charge is 2.20. The van der Waals surface area contributed by atoms with Crippen molar-refractivity contribution in [2.45, 2.75) is 45.6 Å². The van der Waals surface area contributed by atoms with Gasteiger partial charge in [0, 0.05) is 31.0 Å². The van der Waals surface area contributed by atoms with Gasteiger partial charge in [-0.25, -0.2) is 0 Å². The van der Waals surface area contributed by atoms with Crippen molar-refractivity contribution >= 4 is 5.91 Å². The molecule has 3 aromatic rings. The Bertz CT molecular complexity index is 940. The van der Waals surface area contributed by atoms with Crippen LogP contribution in [-0.4, -0.2) is 40.6 Å². The lowest BCUT2D eigenvalue weighted by molar-refractivity contribution is -0.133. The van der Waals surface area contributed by atoms with E-state index in [1.165, 1.54) is 5.56 Å². The average molecular weight is 408 g/mol. The minimum Gasteiger partial charge on any atom is -0.497 e. The molecule has 158 valence electrons. The number of carbonyl (C=O) groups is 1. The molecule has 30 heavy (non-hydrogen) atoms. The molecule has 2 aromatic carbocycles. The predicted octanol–water partition coefficient (Wildman–Crippen LogP) is 4.55. The summed E-state index contributed by atoms with van der Waals surface area (Å²) >= 11 is 0. The van der Waals surface area contributed by atoms with Crippen LogP contribution in [0.25, 0.3) is 11.4 Å². The summed E-state index contributed by atoms with van der Waals surface area (Å²) in [5.41, 5.74) is 2.01. The molecule has 6 nitrogen and oxygen atoms in total. The van der Waals surface area contributed by atoms with Crippen molar-refractivity contribution in [2.24, 2.45) is 0 Å². The predicted molar refractivity (Wildman–Crippen MR) is 116 cm³/mol. The summed E-state index contributed by atoms with van der Waals surface area (Å²) in [6.45, 7) is 4.73. The molecule has 0 fully saturated rings. The maximum atomic E-state index is 12.9. The fraction of sp³-hybridized carbons (Fsp3) is 0.375. The van der Waals surface area contributed by atoms with Crippen molar-refractivity contribution in [1.82, 2.24) is 15.0 Å². The second-order valence-electron chi connectivity index (χ2n) is 7.32. The SMILES string of the molecule is CC[C@H](C)N(CCc1nc(-c2cccc(OC)c2)no1)C(=O)CCc1ccccc1. The zero-order valence-corrected chi connectivity index (χ0v) is 17.9. The number of aromatic nitrogens is 2. The van der Waals surface area contributed by atoms with Crippen LogP contribution in [0.1, 0.15) is 38.1 Å². The third-order valence-electron chi connectivity index (χ3n) is 5.28. The van der Waals surface area contributed by atoms with E-state index in [0.717, 1.165) is 24.2 Å². The molecule has 0 bridgehead atoms. The molecule has 6 heteroatoms. The Kier molecular flexibility index (Phi) is 7.60. The first-order chi connectivity index (χ1) is 14.6. The van der Waals surface area contributed by atoms with Crippen LogP contribution in [0.15, 0.2) is 59.1 Å². The number of benzene rings is 2. The Morgan fingerprint density at radius 1 is 1.13 bits per heavy atom. The van der Waals surface area contributed by atoms with Crippen LogP contribution in [0.2, 0.25) is 0 Å². The van der Waals surface area contributed by atoms with Crippen LogP contribution in [0, 0.1) is 0 Å². The highest BCUT2D eigenvalue weighted by atomic mass is 16.5. The van der Waals surface area contributed by atoms with Gasteiger partial charge in [-0.3, -0.25) is 4.79 Å². The van der Waals surface area contributed by atoms with Gasteiger partial charge in [-0.05, 0) is 37.5 Å². The number of nitrogens with zero attached hydrogens (tertiary/aromatic N) is 3. The van der Waals surface area contributed by atoms with Crippen molar-refractivity contribution < 1.29 is 14.1 Å². The smallest absolute Gasteiger partial charge is 0.228 e. The lowest BCUT2D eigenvalue weighted by Crippen LogP contribution is -2.40. The first kappa shape index (κ1) is 21.6. The number of rotatable bonds is 10. The number of carbonyl (C=O) groups excluding carboxylic acids is 1. The fourth-order valence-corrected chi connectivity index (χ4v) is 3.30. The van der Waals surface area contributed by atoms with Gasteiger partial charge in [-0.15, -0.1) is 0 Å². The van der Waals surface area contributed by atoms with E-state index in [9.17, 15) is 4.79 Å². The summed E-state index contributed by atoms with van der Waals surface area (Å²) in [5, 5.41) is 4.08. The van der Waals surface area contributed by atoms with Crippen LogP contribution >= 0.6 is 0 Å². The normalized spacial score (nSPS) is 11.8. The number of hydrogen-bond donors (Lipinski definition) is 0. The number of amides is 1. The Labute approximate surface area is 177 Å². The van der Waals surface area contributed by atoms with Gasteiger partial charge < -0.3 is 14.2 Å². The van der Waals surface area contributed by atoms with Crippen LogP contribution in [0.5, 0.6) is 5.75 Å². The maximum absolute atomic E-state index is 12.9. The zero-order chi connectivity index (χ0) is 21.3. The summed E-state index contributed by atoms with van der Waals surface area (Å²) in [4.78, 5) is 19.3. The van der Waals surface area contributed by atoms with Gasteiger partial charge in [0.1, 0.15) is 5.75 Å². The molecule has 0 aliphatic carbocycles. The highest BCUT2D eigenvalue weighted by molar-refractivity contribution is 5.76. The van der Waals surface area contributed by atoms with Crippen LogP contribution in [0.4, 0.5) is 0 Å². The van der Waals surface area contributed by atoms with Crippen LogP contribution < -0.4 is 4.74 Å². The largest absolute Gasteiger partial charge is 0.497 e. The van der Waals surface area contributed by atoms with Crippen molar-refractivity contribution in [3.8, 4) is 17.1 Å². The lowest BCUT2D eigenvalue weighted by atomic mass is 10.1. The Morgan fingerprint density at radius 2 is 1.93 bits per heavy atom. The molecule has 0 N–H and O–H groups in total. The summed E-state index contributed by atoms with van der Waals surface area (Å²) in [6.07, 6.45) is 2.66. The minimum atomic E-state index is 0.153. The third-order valence-corrected chi connectivity index (χ3v) is 5.28. The van der Waals surface area contributed by atoms with Gasteiger partial charge in [0.25, 0.3) is 0 Å². The molecule has 0 aliphatic rings. The van der Waals surface area contributed by atoms with Crippen molar-refractivity contribution in [3.05, 3.63) is 66.1 Å². The zero-order valence-electron chi connectivity index (χ0n) is 17.9. The number of aryl methyl sites for hydroxylation is 1. The number of methoxy groups -OCH3 is 1. The fourth-order valence-electron chi connectivity index (χ4n) is 3.30. The molecule has 1 heterocycles. The molecular formula is C24H29N3O3. The molecule has 0 saturated heterocycles. The van der Waals surface area contributed by atoms with Gasteiger partial charge in [0.05, 0.1) is 7.11 Å². The summed E-state index contributed by atoms with van der Waals surface area (Å²) < 4.78 is 10.7. The van der Waals surface area contributed by atoms with Crippen molar-refractivity contribution in [2.75, 3.05) is 13.7 Å². The molecule has 0 aliphatic heterocycles. The molecule has 0 spiro atoms. The van der Waals surface area contributed by atoms with Gasteiger partial charge in [0.2, 0.25) is 17.6 Å². The average Bonchev–Trinajstić information content (AvgIpc) is 3.27. The molecule has 1 amide bonds. The van der Waals surface area contributed by atoms with Crippen LogP contribution in [0.3, 0.4) is 0 Å². The van der Waals surface area contributed by atoms with E-state index >= 15 is 0 Å². The Balaban J connectivity index is 1.61. The van der Waals surface area contributed by atoms with Gasteiger partial charge in [-0.1, -0.05) is 54.5 Å². The maximum Gasteiger partial charge on any atom is 0.228 e. The Hall–Kier alpha value is -3.15. The summed E-state index contributed by atoms with van der Waals surface area (Å²) in [7, 11) is 1.62. The number of ether oxygens (including phenoxy) is 1. The summed E-state index contributed by atoms with van der Waals surface area (Å²) in [5.74, 6) is 1.94.